The Bertz CT molecular complexity index is 706. The fourth-order valence-corrected chi connectivity index (χ4v) is 4.37. The van der Waals surface area contributed by atoms with E-state index < -0.39 is 20.0 Å². The highest BCUT2D eigenvalue weighted by Gasteiger charge is 2.29. The summed E-state index contributed by atoms with van der Waals surface area (Å²) in [6.07, 6.45) is 1.47. The van der Waals surface area contributed by atoms with Crippen LogP contribution in [0.1, 0.15) is 12.8 Å². The first-order valence-electron chi connectivity index (χ1n) is 6.10. The van der Waals surface area contributed by atoms with Gasteiger partial charge in [0.15, 0.2) is 0 Å². The first-order chi connectivity index (χ1) is 9.21. The third kappa shape index (κ3) is 4.15. The van der Waals surface area contributed by atoms with Gasteiger partial charge in [0, 0.05) is 19.1 Å². The Morgan fingerprint density at radius 2 is 1.76 bits per heavy atom. The van der Waals surface area contributed by atoms with Crippen molar-refractivity contribution in [2.24, 2.45) is 10.9 Å². The van der Waals surface area contributed by atoms with Crippen molar-refractivity contribution in [1.82, 2.24) is 4.31 Å². The number of hydrogen-bond donors (Lipinski definition) is 2. The fourth-order valence-electron chi connectivity index (χ4n) is 2.15. The van der Waals surface area contributed by atoms with Crippen LogP contribution in [0.5, 0.6) is 0 Å². The molecule has 7 nitrogen and oxygen atoms in total. The standard InChI is InChI=1S/C11H17N3O4S2.ClH/c12-9-3-2-6-14(8-9)20(17,18)11-5-1-4-10(7-11)19(13,15)16;/h1,4-5,7,9H,2-3,6,8,12H2,(H2,13,15,16);1H/t9-;/m1./s1. The van der Waals surface area contributed by atoms with Gasteiger partial charge in [-0.2, -0.15) is 4.31 Å². The number of nitrogens with zero attached hydrogens (tertiary/aromatic N) is 1. The molecule has 0 unspecified atom stereocenters. The molecule has 1 heterocycles. The van der Waals surface area contributed by atoms with E-state index in [2.05, 4.69) is 0 Å². The molecule has 1 atom stereocenters. The van der Waals surface area contributed by atoms with E-state index in [0.29, 0.717) is 13.0 Å². The Morgan fingerprint density at radius 1 is 1.14 bits per heavy atom. The summed E-state index contributed by atoms with van der Waals surface area (Å²) in [7, 11) is -7.68. The second kappa shape index (κ2) is 6.59. The Labute approximate surface area is 130 Å². The number of halogens is 1. The van der Waals surface area contributed by atoms with Crippen molar-refractivity contribution < 1.29 is 16.8 Å². The van der Waals surface area contributed by atoms with E-state index in [1.54, 1.807) is 0 Å². The Kier molecular flexibility index (Phi) is 5.76. The van der Waals surface area contributed by atoms with Crippen molar-refractivity contribution >= 4 is 32.5 Å². The molecule has 0 amide bonds. The van der Waals surface area contributed by atoms with Crippen LogP contribution in [0.3, 0.4) is 0 Å². The summed E-state index contributed by atoms with van der Waals surface area (Å²) in [6.45, 7) is 0.623. The monoisotopic (exact) mass is 355 g/mol. The van der Waals surface area contributed by atoms with E-state index in [1.165, 1.54) is 22.5 Å². The molecule has 1 aliphatic heterocycles. The van der Waals surface area contributed by atoms with Crippen LogP contribution in [0.2, 0.25) is 0 Å². The van der Waals surface area contributed by atoms with Gasteiger partial charge in [0.2, 0.25) is 20.0 Å². The molecular weight excluding hydrogens is 338 g/mol. The number of primary sulfonamides is 1. The fraction of sp³-hybridized carbons (Fsp3) is 0.455. The average Bonchev–Trinajstić information content (AvgIpc) is 2.38. The van der Waals surface area contributed by atoms with Gasteiger partial charge in [0.25, 0.3) is 0 Å². The molecule has 0 radical (unpaired) electrons. The number of rotatable bonds is 3. The van der Waals surface area contributed by atoms with E-state index >= 15 is 0 Å². The molecule has 0 spiro atoms. The molecule has 0 aliphatic carbocycles. The van der Waals surface area contributed by atoms with Crippen LogP contribution in [0.4, 0.5) is 0 Å². The second-order valence-corrected chi connectivity index (χ2v) is 8.28. The summed E-state index contributed by atoms with van der Waals surface area (Å²) in [4.78, 5) is -0.307. The van der Waals surface area contributed by atoms with Gasteiger partial charge >= 0.3 is 0 Å². The zero-order valence-electron chi connectivity index (χ0n) is 11.2. The molecule has 0 aromatic heterocycles. The summed E-state index contributed by atoms with van der Waals surface area (Å²) in [6, 6.07) is 4.85. The van der Waals surface area contributed by atoms with Crippen LogP contribution in [0, 0.1) is 0 Å². The minimum atomic E-state index is -3.93. The lowest BCUT2D eigenvalue weighted by Gasteiger charge is -2.29. The van der Waals surface area contributed by atoms with Crippen molar-refractivity contribution in [1.29, 1.82) is 0 Å². The van der Waals surface area contributed by atoms with Crippen LogP contribution in [0.15, 0.2) is 34.1 Å². The van der Waals surface area contributed by atoms with Crippen molar-refractivity contribution in [2.45, 2.75) is 28.7 Å². The molecule has 21 heavy (non-hydrogen) atoms. The van der Waals surface area contributed by atoms with Crippen LogP contribution < -0.4 is 10.9 Å². The molecule has 4 N–H and O–H groups in total. The maximum Gasteiger partial charge on any atom is 0.243 e. The third-order valence-electron chi connectivity index (χ3n) is 3.19. The summed E-state index contributed by atoms with van der Waals surface area (Å²) < 4.78 is 48.8. The molecular formula is C11H18ClN3O4S2. The molecule has 1 aromatic rings. The summed E-state index contributed by atoms with van der Waals surface area (Å²) in [5.41, 5.74) is 5.78. The molecule has 0 saturated carbocycles. The lowest BCUT2D eigenvalue weighted by Crippen LogP contribution is -2.45. The molecule has 2 rings (SSSR count). The predicted octanol–water partition coefficient (Wildman–Crippen LogP) is -0.132. The van der Waals surface area contributed by atoms with E-state index in [4.69, 9.17) is 10.9 Å². The van der Waals surface area contributed by atoms with Crippen molar-refractivity contribution in [3.05, 3.63) is 24.3 Å². The number of benzene rings is 1. The maximum absolute atomic E-state index is 12.4. The Morgan fingerprint density at radius 3 is 2.33 bits per heavy atom. The SMILES string of the molecule is Cl.N[C@@H]1CCCN(S(=O)(=O)c2cccc(S(N)(=O)=O)c2)C1. The van der Waals surface area contributed by atoms with E-state index in [9.17, 15) is 16.8 Å². The van der Waals surface area contributed by atoms with Gasteiger partial charge in [-0.15, -0.1) is 12.4 Å². The van der Waals surface area contributed by atoms with Gasteiger partial charge in [0.05, 0.1) is 9.79 Å². The largest absolute Gasteiger partial charge is 0.327 e. The van der Waals surface area contributed by atoms with Crippen LogP contribution >= 0.6 is 12.4 Å². The quantitative estimate of drug-likeness (QED) is 0.781. The zero-order valence-corrected chi connectivity index (χ0v) is 13.6. The minimum Gasteiger partial charge on any atom is -0.327 e. The highest BCUT2D eigenvalue weighted by Crippen LogP contribution is 2.22. The van der Waals surface area contributed by atoms with E-state index in [-0.39, 0.29) is 34.8 Å². The van der Waals surface area contributed by atoms with Crippen molar-refractivity contribution in [2.75, 3.05) is 13.1 Å². The first-order valence-corrected chi connectivity index (χ1v) is 9.08. The van der Waals surface area contributed by atoms with Gasteiger partial charge in [-0.3, -0.25) is 0 Å². The Hall–Kier alpha value is -0.710. The highest BCUT2D eigenvalue weighted by atomic mass is 35.5. The van der Waals surface area contributed by atoms with Crippen molar-refractivity contribution in [3.63, 3.8) is 0 Å². The van der Waals surface area contributed by atoms with Gasteiger partial charge in [-0.1, -0.05) is 6.07 Å². The highest BCUT2D eigenvalue weighted by molar-refractivity contribution is 7.90. The van der Waals surface area contributed by atoms with Gasteiger partial charge in [-0.05, 0) is 31.0 Å². The number of sulfonamides is 2. The normalized spacial score (nSPS) is 20.8. The van der Waals surface area contributed by atoms with Crippen LogP contribution in [-0.2, 0) is 20.0 Å². The van der Waals surface area contributed by atoms with Gasteiger partial charge < -0.3 is 5.73 Å². The maximum atomic E-state index is 12.4. The van der Waals surface area contributed by atoms with E-state index in [0.717, 1.165) is 12.5 Å². The lowest BCUT2D eigenvalue weighted by molar-refractivity contribution is 0.316. The second-order valence-electron chi connectivity index (χ2n) is 4.79. The summed E-state index contributed by atoms with van der Waals surface area (Å²) in [5, 5.41) is 5.01. The molecule has 1 saturated heterocycles. The lowest BCUT2D eigenvalue weighted by atomic mass is 10.1. The molecule has 1 aliphatic rings. The molecule has 1 fully saturated rings. The van der Waals surface area contributed by atoms with Crippen LogP contribution in [0.25, 0.3) is 0 Å². The predicted molar refractivity (Wildman–Crippen MR) is 81.0 cm³/mol. The molecule has 10 heteroatoms. The number of piperidine rings is 1. The van der Waals surface area contributed by atoms with Gasteiger partial charge in [0.1, 0.15) is 0 Å². The zero-order chi connectivity index (χ0) is 15.0. The molecule has 0 bridgehead atoms. The molecule has 1 aromatic carbocycles. The van der Waals surface area contributed by atoms with Crippen LogP contribution in [-0.4, -0.2) is 40.3 Å². The van der Waals surface area contributed by atoms with E-state index in [1.807, 2.05) is 0 Å². The minimum absolute atomic E-state index is 0. The smallest absolute Gasteiger partial charge is 0.243 e. The van der Waals surface area contributed by atoms with Gasteiger partial charge in [-0.25, -0.2) is 22.0 Å². The number of hydrogen-bond acceptors (Lipinski definition) is 5. The number of nitrogens with two attached hydrogens (primary N) is 2. The molecule has 120 valence electrons. The van der Waals surface area contributed by atoms with Crippen molar-refractivity contribution in [3.8, 4) is 0 Å². The average molecular weight is 356 g/mol. The Balaban J connectivity index is 0.00000220. The summed E-state index contributed by atoms with van der Waals surface area (Å²) >= 11 is 0. The third-order valence-corrected chi connectivity index (χ3v) is 5.96. The first kappa shape index (κ1) is 18.3. The summed E-state index contributed by atoms with van der Waals surface area (Å²) in [5.74, 6) is 0. The topological polar surface area (TPSA) is 124 Å².